The summed E-state index contributed by atoms with van der Waals surface area (Å²) < 4.78 is 13.1. The number of para-hydroxylation sites is 1. The molecule has 0 N–H and O–H groups in total. The highest BCUT2D eigenvalue weighted by molar-refractivity contribution is 8.02. The third-order valence-electron chi connectivity index (χ3n) is 6.03. The van der Waals surface area contributed by atoms with E-state index in [9.17, 15) is 14.0 Å². The lowest BCUT2D eigenvalue weighted by atomic mass is 10.0. The number of anilines is 1. The van der Waals surface area contributed by atoms with Gasteiger partial charge in [0.15, 0.2) is 4.87 Å². The molecule has 2 aliphatic heterocycles. The first-order valence-electron chi connectivity index (χ1n) is 10.6. The van der Waals surface area contributed by atoms with Crippen LogP contribution in [0, 0.1) is 5.82 Å². The van der Waals surface area contributed by atoms with Gasteiger partial charge in [0.2, 0.25) is 0 Å². The topological polar surface area (TPSA) is 40.6 Å². The highest BCUT2D eigenvalue weighted by Crippen LogP contribution is 2.60. The van der Waals surface area contributed by atoms with Crippen LogP contribution in [0.15, 0.2) is 72.8 Å². The second-order valence-corrected chi connectivity index (χ2v) is 11.3. The number of benzene rings is 3. The van der Waals surface area contributed by atoms with Crippen molar-refractivity contribution in [1.29, 1.82) is 0 Å². The van der Waals surface area contributed by atoms with Gasteiger partial charge in [-0.25, -0.2) is 4.39 Å². The Morgan fingerprint density at radius 2 is 1.70 bits per heavy atom. The van der Waals surface area contributed by atoms with Crippen LogP contribution >= 0.6 is 23.4 Å². The average molecular weight is 481 g/mol. The summed E-state index contributed by atoms with van der Waals surface area (Å²) in [6.07, 6.45) is 0. The third kappa shape index (κ3) is 3.62. The quantitative estimate of drug-likeness (QED) is 0.472. The van der Waals surface area contributed by atoms with Crippen LogP contribution in [0.5, 0.6) is 0 Å². The zero-order valence-electron chi connectivity index (χ0n) is 18.2. The summed E-state index contributed by atoms with van der Waals surface area (Å²) in [6, 6.07) is 20.5. The molecule has 2 amide bonds. The monoisotopic (exact) mass is 480 g/mol. The first-order valence-corrected chi connectivity index (χ1v) is 11.8. The molecule has 1 spiro atoms. The van der Waals surface area contributed by atoms with Crippen LogP contribution in [-0.4, -0.2) is 28.0 Å². The number of amides is 2. The lowest BCUT2D eigenvalue weighted by Gasteiger charge is -2.33. The summed E-state index contributed by atoms with van der Waals surface area (Å²) in [5.74, 6) is -0.696. The van der Waals surface area contributed by atoms with E-state index in [0.717, 1.165) is 16.8 Å². The summed E-state index contributed by atoms with van der Waals surface area (Å²) in [7, 11) is 0. The zero-order valence-corrected chi connectivity index (χ0v) is 19.8. The molecule has 2 aliphatic rings. The Bertz CT molecular complexity index is 1250. The van der Waals surface area contributed by atoms with Crippen LogP contribution < -0.4 is 4.90 Å². The van der Waals surface area contributed by atoms with Crippen molar-refractivity contribution >= 4 is 40.9 Å². The molecule has 3 aromatic rings. The van der Waals surface area contributed by atoms with Crippen molar-refractivity contribution in [2.45, 2.75) is 30.0 Å². The zero-order chi connectivity index (χ0) is 23.4. The van der Waals surface area contributed by atoms with E-state index < -0.39 is 4.87 Å². The summed E-state index contributed by atoms with van der Waals surface area (Å²) >= 11 is 7.53. The van der Waals surface area contributed by atoms with Crippen molar-refractivity contribution in [3.8, 4) is 0 Å². The molecule has 0 aliphatic carbocycles. The van der Waals surface area contributed by atoms with Gasteiger partial charge in [0, 0.05) is 27.4 Å². The summed E-state index contributed by atoms with van der Waals surface area (Å²) in [5.41, 5.74) is 2.87. The Kier molecular flexibility index (Phi) is 5.26. The Morgan fingerprint density at radius 1 is 1.03 bits per heavy atom. The molecule has 4 nitrogen and oxygen atoms in total. The molecule has 0 aromatic heterocycles. The van der Waals surface area contributed by atoms with Gasteiger partial charge in [0.05, 0.1) is 12.2 Å². The van der Waals surface area contributed by atoms with E-state index in [1.807, 2.05) is 38.1 Å². The average Bonchev–Trinajstić information content (AvgIpc) is 3.21. The van der Waals surface area contributed by atoms with Crippen LogP contribution in [-0.2, 0) is 16.2 Å². The molecule has 7 heteroatoms. The van der Waals surface area contributed by atoms with Gasteiger partial charge in [-0.2, -0.15) is 0 Å². The smallest absolute Gasteiger partial charge is 0.268 e. The number of hydrogen-bond acceptors (Lipinski definition) is 3. The third-order valence-corrected chi connectivity index (χ3v) is 7.87. The maximum Gasteiger partial charge on any atom is 0.268 e. The molecule has 5 rings (SSSR count). The molecule has 0 bridgehead atoms. The Morgan fingerprint density at radius 3 is 2.39 bits per heavy atom. The van der Waals surface area contributed by atoms with Crippen molar-refractivity contribution in [1.82, 2.24) is 4.90 Å². The maximum atomic E-state index is 14.2. The Labute approximate surface area is 201 Å². The van der Waals surface area contributed by atoms with E-state index in [0.29, 0.717) is 23.7 Å². The number of rotatable bonds is 3. The van der Waals surface area contributed by atoms with Crippen molar-refractivity contribution < 1.29 is 14.0 Å². The largest absolute Gasteiger partial charge is 0.310 e. The van der Waals surface area contributed by atoms with E-state index in [4.69, 9.17) is 11.6 Å². The maximum absolute atomic E-state index is 14.2. The molecule has 33 heavy (non-hydrogen) atoms. The van der Waals surface area contributed by atoms with E-state index >= 15 is 0 Å². The standard InChI is InChI=1S/C26H22ClFN2O2S/c1-25(2)16-30(23(31)18-9-11-19(27)12-10-18)26(33-25)21-5-3-4-6-22(21)29(24(26)32)15-17-7-13-20(28)14-8-17/h3-14H,15-16H2,1-2H3/t26-/m0/s1. The number of carbonyl (C=O) groups is 2. The number of halogens is 2. The minimum absolute atomic E-state index is 0.161. The van der Waals surface area contributed by atoms with E-state index in [1.54, 1.807) is 46.2 Å². The van der Waals surface area contributed by atoms with Crippen LogP contribution in [0.1, 0.15) is 35.3 Å². The Balaban J connectivity index is 1.61. The number of hydrogen-bond donors (Lipinski definition) is 0. The molecule has 1 atom stereocenters. The lowest BCUT2D eigenvalue weighted by molar-refractivity contribution is -0.123. The highest BCUT2D eigenvalue weighted by Gasteiger charge is 2.63. The molecule has 1 saturated heterocycles. The predicted molar refractivity (Wildman–Crippen MR) is 130 cm³/mol. The second kappa shape index (κ2) is 7.89. The molecule has 3 aromatic carbocycles. The molecule has 0 unspecified atom stereocenters. The summed E-state index contributed by atoms with van der Waals surface area (Å²) in [5, 5.41) is 0.546. The van der Waals surface area contributed by atoms with Crippen molar-refractivity contribution in [3.63, 3.8) is 0 Å². The fraction of sp³-hybridized carbons (Fsp3) is 0.231. The van der Waals surface area contributed by atoms with E-state index in [-0.39, 0.29) is 22.4 Å². The van der Waals surface area contributed by atoms with Crippen LogP contribution in [0.3, 0.4) is 0 Å². The van der Waals surface area contributed by atoms with Crippen molar-refractivity contribution in [2.24, 2.45) is 0 Å². The van der Waals surface area contributed by atoms with E-state index in [1.165, 1.54) is 23.9 Å². The van der Waals surface area contributed by atoms with Crippen LogP contribution in [0.4, 0.5) is 10.1 Å². The second-order valence-electron chi connectivity index (χ2n) is 8.94. The minimum atomic E-state index is -1.17. The summed E-state index contributed by atoms with van der Waals surface area (Å²) in [4.78, 5) is 30.1. The number of carbonyl (C=O) groups excluding carboxylic acids is 2. The van der Waals surface area contributed by atoms with Gasteiger partial charge in [-0.15, -0.1) is 11.8 Å². The van der Waals surface area contributed by atoms with Gasteiger partial charge < -0.3 is 9.80 Å². The van der Waals surface area contributed by atoms with Crippen molar-refractivity contribution in [2.75, 3.05) is 11.4 Å². The number of thioether (sulfide) groups is 1. The van der Waals surface area contributed by atoms with Crippen molar-refractivity contribution in [3.05, 3.63) is 100 Å². The normalized spacial score (nSPS) is 21.0. The van der Waals surface area contributed by atoms with Crippen LogP contribution in [0.2, 0.25) is 5.02 Å². The van der Waals surface area contributed by atoms with Gasteiger partial charge in [0.25, 0.3) is 11.8 Å². The number of fused-ring (bicyclic) bond motifs is 2. The van der Waals surface area contributed by atoms with Gasteiger partial charge in [0.1, 0.15) is 5.82 Å². The molecular formula is C26H22ClFN2O2S. The first-order chi connectivity index (χ1) is 15.7. The van der Waals surface area contributed by atoms with Gasteiger partial charge in [-0.05, 0) is 61.9 Å². The molecule has 0 radical (unpaired) electrons. The van der Waals surface area contributed by atoms with Crippen LogP contribution in [0.25, 0.3) is 0 Å². The Hall–Kier alpha value is -2.83. The molecule has 2 heterocycles. The molecular weight excluding hydrogens is 459 g/mol. The number of nitrogens with zero attached hydrogens (tertiary/aromatic N) is 2. The van der Waals surface area contributed by atoms with Gasteiger partial charge in [-0.3, -0.25) is 9.59 Å². The highest BCUT2D eigenvalue weighted by atomic mass is 35.5. The minimum Gasteiger partial charge on any atom is -0.310 e. The first kappa shape index (κ1) is 22.0. The molecule has 0 saturated carbocycles. The molecule has 1 fully saturated rings. The lowest BCUT2D eigenvalue weighted by Crippen LogP contribution is -2.50. The predicted octanol–water partition coefficient (Wildman–Crippen LogP) is 5.85. The SMILES string of the molecule is CC1(C)CN(C(=O)c2ccc(Cl)cc2)[C@@]2(S1)C(=O)N(Cc1ccc(F)cc1)c1ccccc12. The van der Waals surface area contributed by atoms with Gasteiger partial charge in [-0.1, -0.05) is 41.9 Å². The fourth-order valence-corrected chi connectivity index (χ4v) is 6.49. The van der Waals surface area contributed by atoms with Gasteiger partial charge >= 0.3 is 0 Å². The molecule has 168 valence electrons. The summed E-state index contributed by atoms with van der Waals surface area (Å²) in [6.45, 7) is 4.81. The van der Waals surface area contributed by atoms with E-state index in [2.05, 4.69) is 0 Å². The fourth-order valence-electron chi connectivity index (χ4n) is 4.63.